The van der Waals surface area contributed by atoms with Gasteiger partial charge in [0.25, 0.3) is 0 Å². The quantitative estimate of drug-likeness (QED) is 0.892. The molecule has 1 heterocycles. The number of anilines is 2. The Hall–Kier alpha value is -1.69. The lowest BCUT2D eigenvalue weighted by atomic mass is 10.1. The molecule has 20 heavy (non-hydrogen) atoms. The number of nitrogens with two attached hydrogens (primary N) is 1. The van der Waals surface area contributed by atoms with Gasteiger partial charge in [-0.3, -0.25) is 0 Å². The van der Waals surface area contributed by atoms with E-state index in [4.69, 9.17) is 5.73 Å². The summed E-state index contributed by atoms with van der Waals surface area (Å²) in [5, 5.41) is 3.11. The van der Waals surface area contributed by atoms with Crippen LogP contribution in [0.2, 0.25) is 0 Å². The maximum absolute atomic E-state index is 13.0. The van der Waals surface area contributed by atoms with E-state index >= 15 is 0 Å². The van der Waals surface area contributed by atoms with Crippen molar-refractivity contribution in [1.29, 1.82) is 0 Å². The molecule has 0 fully saturated rings. The minimum Gasteiger partial charge on any atom is -0.397 e. The van der Waals surface area contributed by atoms with Crippen LogP contribution in [-0.4, -0.2) is 11.5 Å². The summed E-state index contributed by atoms with van der Waals surface area (Å²) in [7, 11) is 0. The summed E-state index contributed by atoms with van der Waals surface area (Å²) in [6.07, 6.45) is 2.07. The number of nitrogen functional groups attached to an aromatic ring is 1. The Morgan fingerprint density at radius 3 is 2.55 bits per heavy atom. The van der Waals surface area contributed by atoms with E-state index in [1.165, 1.54) is 12.1 Å². The van der Waals surface area contributed by atoms with Crippen molar-refractivity contribution in [2.45, 2.75) is 13.3 Å². The fourth-order valence-electron chi connectivity index (χ4n) is 1.80. The molecule has 0 spiro atoms. The van der Waals surface area contributed by atoms with Gasteiger partial charge in [0.15, 0.2) is 0 Å². The molecule has 0 saturated heterocycles. The maximum Gasteiger partial charge on any atom is 0.140 e. The number of nitrogens with one attached hydrogen (secondary N) is 1. The minimum atomic E-state index is -0.567. The monoisotopic (exact) mass is 341 g/mol. The molecule has 1 aromatic carbocycles. The van der Waals surface area contributed by atoms with E-state index in [0.717, 1.165) is 16.1 Å². The van der Waals surface area contributed by atoms with Gasteiger partial charge in [0, 0.05) is 12.6 Å². The maximum atomic E-state index is 13.0. The van der Waals surface area contributed by atoms with Gasteiger partial charge in [-0.1, -0.05) is 0 Å². The van der Waals surface area contributed by atoms with Crippen molar-refractivity contribution < 1.29 is 8.78 Å². The third-order valence-corrected chi connectivity index (χ3v) is 3.90. The number of nitrogens with zero attached hydrogens (tertiary/aromatic N) is 1. The van der Waals surface area contributed by atoms with Crippen molar-refractivity contribution in [3.05, 3.63) is 51.6 Å². The molecule has 0 aliphatic carbocycles. The van der Waals surface area contributed by atoms with E-state index in [-0.39, 0.29) is 0 Å². The molecule has 0 radical (unpaired) electrons. The van der Waals surface area contributed by atoms with Crippen molar-refractivity contribution >= 4 is 27.4 Å². The van der Waals surface area contributed by atoms with Gasteiger partial charge in [-0.2, -0.15) is 0 Å². The van der Waals surface area contributed by atoms with Crippen molar-refractivity contribution in [2.75, 3.05) is 17.6 Å². The lowest BCUT2D eigenvalue weighted by molar-refractivity contribution is 0.580. The topological polar surface area (TPSA) is 50.9 Å². The molecule has 0 aliphatic rings. The van der Waals surface area contributed by atoms with Gasteiger partial charge >= 0.3 is 0 Å². The van der Waals surface area contributed by atoms with Crippen molar-refractivity contribution in [2.24, 2.45) is 0 Å². The largest absolute Gasteiger partial charge is 0.397 e. The van der Waals surface area contributed by atoms with Gasteiger partial charge in [-0.05, 0) is 52.5 Å². The predicted octanol–water partition coefficient (Wildman–Crippen LogP) is 3.67. The Bertz CT molecular complexity index is 612. The molecule has 0 bridgehead atoms. The molecule has 2 aromatic rings. The van der Waals surface area contributed by atoms with Gasteiger partial charge in [0.1, 0.15) is 17.5 Å². The second kappa shape index (κ2) is 6.17. The highest BCUT2D eigenvalue weighted by Gasteiger charge is 2.07. The molecule has 0 amide bonds. The summed E-state index contributed by atoms with van der Waals surface area (Å²) in [5.74, 6) is -0.473. The molecule has 1 aromatic heterocycles. The number of rotatable bonds is 4. The van der Waals surface area contributed by atoms with Crippen LogP contribution in [0.4, 0.5) is 20.3 Å². The molecule has 2 rings (SSSR count). The van der Waals surface area contributed by atoms with Crippen LogP contribution < -0.4 is 11.1 Å². The van der Waals surface area contributed by atoms with Crippen molar-refractivity contribution in [3.63, 3.8) is 0 Å². The van der Waals surface area contributed by atoms with Gasteiger partial charge in [0.2, 0.25) is 0 Å². The van der Waals surface area contributed by atoms with E-state index in [1.807, 2.05) is 6.92 Å². The van der Waals surface area contributed by atoms with E-state index in [0.29, 0.717) is 30.0 Å². The number of hydrogen-bond acceptors (Lipinski definition) is 3. The Labute approximate surface area is 124 Å². The zero-order chi connectivity index (χ0) is 14.7. The third kappa shape index (κ3) is 3.45. The second-order valence-corrected chi connectivity index (χ2v) is 5.25. The summed E-state index contributed by atoms with van der Waals surface area (Å²) in [4.78, 5) is 4.17. The van der Waals surface area contributed by atoms with E-state index in [1.54, 1.807) is 6.20 Å². The molecule has 3 N–H and O–H groups in total. The molecular formula is C14H14BrF2N3. The average molecular weight is 342 g/mol. The lowest BCUT2D eigenvalue weighted by Crippen LogP contribution is -2.08. The van der Waals surface area contributed by atoms with Crippen LogP contribution in [0.5, 0.6) is 0 Å². The summed E-state index contributed by atoms with van der Waals surface area (Å²) < 4.78 is 26.9. The molecule has 0 unspecified atom stereocenters. The highest BCUT2D eigenvalue weighted by atomic mass is 79.9. The normalized spacial score (nSPS) is 10.6. The predicted molar refractivity (Wildman–Crippen MR) is 79.6 cm³/mol. The van der Waals surface area contributed by atoms with Crippen LogP contribution in [0, 0.1) is 18.6 Å². The number of pyridine rings is 1. The van der Waals surface area contributed by atoms with Gasteiger partial charge < -0.3 is 11.1 Å². The number of aromatic nitrogens is 1. The second-order valence-electron chi connectivity index (χ2n) is 4.46. The first-order chi connectivity index (χ1) is 9.47. The summed E-state index contributed by atoms with van der Waals surface area (Å²) >= 11 is 3.42. The smallest absolute Gasteiger partial charge is 0.140 e. The van der Waals surface area contributed by atoms with Crippen LogP contribution in [0.25, 0.3) is 0 Å². The Kier molecular flexibility index (Phi) is 4.54. The number of hydrogen-bond donors (Lipinski definition) is 2. The standard InChI is InChI=1S/C14H14BrF2N3/c1-8-12(18)7-20-14(13(8)15)19-3-2-9-4-10(16)6-11(17)5-9/h4-7H,2-3,18H2,1H3,(H,19,20). The Morgan fingerprint density at radius 2 is 1.90 bits per heavy atom. The molecule has 106 valence electrons. The Morgan fingerprint density at radius 1 is 1.25 bits per heavy atom. The number of halogens is 3. The fourth-order valence-corrected chi connectivity index (χ4v) is 2.27. The van der Waals surface area contributed by atoms with E-state index < -0.39 is 11.6 Å². The first-order valence-electron chi connectivity index (χ1n) is 6.07. The first kappa shape index (κ1) is 14.7. The summed E-state index contributed by atoms with van der Waals surface area (Å²) in [5.41, 5.74) is 7.84. The SMILES string of the molecule is Cc1c(N)cnc(NCCc2cc(F)cc(F)c2)c1Br. The van der Waals surface area contributed by atoms with E-state index in [9.17, 15) is 8.78 Å². The van der Waals surface area contributed by atoms with Gasteiger partial charge in [0.05, 0.1) is 16.4 Å². The van der Waals surface area contributed by atoms with Crippen molar-refractivity contribution in [3.8, 4) is 0 Å². The van der Waals surface area contributed by atoms with Gasteiger partial charge in [-0.25, -0.2) is 13.8 Å². The summed E-state index contributed by atoms with van der Waals surface area (Å²) in [6, 6.07) is 3.50. The fraction of sp³-hybridized carbons (Fsp3) is 0.214. The molecule has 0 atom stereocenters. The first-order valence-corrected chi connectivity index (χ1v) is 6.86. The highest BCUT2D eigenvalue weighted by molar-refractivity contribution is 9.10. The molecule has 6 heteroatoms. The molecular weight excluding hydrogens is 328 g/mol. The highest BCUT2D eigenvalue weighted by Crippen LogP contribution is 2.27. The minimum absolute atomic E-state index is 0.492. The van der Waals surface area contributed by atoms with Crippen LogP contribution in [-0.2, 0) is 6.42 Å². The van der Waals surface area contributed by atoms with Crippen molar-refractivity contribution in [1.82, 2.24) is 4.98 Å². The molecule has 0 aliphatic heterocycles. The van der Waals surface area contributed by atoms with Gasteiger partial charge in [-0.15, -0.1) is 0 Å². The van der Waals surface area contributed by atoms with Crippen LogP contribution in [0.1, 0.15) is 11.1 Å². The lowest BCUT2D eigenvalue weighted by Gasteiger charge is -2.11. The van der Waals surface area contributed by atoms with Crippen LogP contribution in [0.3, 0.4) is 0 Å². The average Bonchev–Trinajstić information content (AvgIpc) is 2.38. The zero-order valence-corrected chi connectivity index (χ0v) is 12.5. The summed E-state index contributed by atoms with van der Waals surface area (Å²) in [6.45, 7) is 2.39. The number of benzene rings is 1. The van der Waals surface area contributed by atoms with Crippen LogP contribution in [0.15, 0.2) is 28.9 Å². The molecule has 3 nitrogen and oxygen atoms in total. The Balaban J connectivity index is 2.01. The zero-order valence-electron chi connectivity index (χ0n) is 10.9. The molecule has 0 saturated carbocycles. The van der Waals surface area contributed by atoms with Crippen LogP contribution >= 0.6 is 15.9 Å². The third-order valence-electron chi connectivity index (χ3n) is 2.93. The van der Waals surface area contributed by atoms with E-state index in [2.05, 4.69) is 26.2 Å².